The summed E-state index contributed by atoms with van der Waals surface area (Å²) in [6.07, 6.45) is 5.71. The van der Waals surface area contributed by atoms with Crippen LogP contribution in [-0.2, 0) is 0 Å². The van der Waals surface area contributed by atoms with Gasteiger partial charge >= 0.3 is 0 Å². The van der Waals surface area contributed by atoms with E-state index in [1.165, 1.54) is 25.7 Å². The van der Waals surface area contributed by atoms with E-state index in [9.17, 15) is 0 Å². The summed E-state index contributed by atoms with van der Waals surface area (Å²) in [5.74, 6) is 1.80. The largest absolute Gasteiger partial charge is 0.0888 e. The molecule has 1 aliphatic carbocycles. The number of halogens is 1. The number of alkyl halides is 1. The molecule has 0 aromatic heterocycles. The second-order valence-electron chi connectivity index (χ2n) is 3.71. The van der Waals surface area contributed by atoms with E-state index in [1.807, 2.05) is 0 Å². The molecule has 0 bridgehead atoms. The Kier molecular flexibility index (Phi) is 3.22. The van der Waals surface area contributed by atoms with Gasteiger partial charge in [0.05, 0.1) is 0 Å². The first-order chi connectivity index (χ1) is 4.72. The molecule has 0 saturated heterocycles. The smallest absolute Gasteiger partial charge is 0.0176 e. The molecule has 1 fully saturated rings. The highest BCUT2D eigenvalue weighted by Crippen LogP contribution is 2.34. The topological polar surface area (TPSA) is 0 Å². The maximum atomic E-state index is 3.76. The second kappa shape index (κ2) is 3.75. The van der Waals surface area contributed by atoms with Crippen molar-refractivity contribution in [2.75, 3.05) is 0 Å². The van der Waals surface area contributed by atoms with Crippen LogP contribution in [0, 0.1) is 11.8 Å². The van der Waals surface area contributed by atoms with Crippen LogP contribution in [0.5, 0.6) is 0 Å². The second-order valence-corrected chi connectivity index (χ2v) is 4.88. The molecule has 10 heavy (non-hydrogen) atoms. The first-order valence-corrected chi connectivity index (χ1v) is 5.27. The summed E-state index contributed by atoms with van der Waals surface area (Å²) in [5.41, 5.74) is 0. The van der Waals surface area contributed by atoms with Crippen molar-refractivity contribution >= 4 is 15.9 Å². The van der Waals surface area contributed by atoms with Gasteiger partial charge in [0, 0.05) is 4.83 Å². The van der Waals surface area contributed by atoms with Crippen LogP contribution in [0.3, 0.4) is 0 Å². The lowest BCUT2D eigenvalue weighted by atomic mass is 9.82. The van der Waals surface area contributed by atoms with E-state index in [0.29, 0.717) is 0 Å². The van der Waals surface area contributed by atoms with Crippen molar-refractivity contribution in [1.82, 2.24) is 0 Å². The molecule has 1 rings (SSSR count). The molecule has 2 atom stereocenters. The fraction of sp³-hybridized carbons (Fsp3) is 1.00. The summed E-state index contributed by atoms with van der Waals surface area (Å²) in [6, 6.07) is 0. The van der Waals surface area contributed by atoms with Crippen molar-refractivity contribution in [3.05, 3.63) is 0 Å². The Bertz CT molecular complexity index is 98.9. The highest BCUT2D eigenvalue weighted by molar-refractivity contribution is 9.09. The monoisotopic (exact) mass is 204 g/mol. The molecule has 1 saturated carbocycles. The van der Waals surface area contributed by atoms with Crippen LogP contribution in [0.25, 0.3) is 0 Å². The van der Waals surface area contributed by atoms with Crippen LogP contribution in [0.1, 0.15) is 39.5 Å². The van der Waals surface area contributed by atoms with Crippen molar-refractivity contribution < 1.29 is 0 Å². The third-order valence-electron chi connectivity index (χ3n) is 2.59. The Labute approximate surface area is 72.5 Å². The van der Waals surface area contributed by atoms with Gasteiger partial charge in [0.25, 0.3) is 0 Å². The SMILES string of the molecule is CC(C)C1CCCCC1Br. The van der Waals surface area contributed by atoms with E-state index < -0.39 is 0 Å². The minimum Gasteiger partial charge on any atom is -0.0888 e. The van der Waals surface area contributed by atoms with Gasteiger partial charge in [-0.15, -0.1) is 0 Å². The van der Waals surface area contributed by atoms with Crippen molar-refractivity contribution in [1.29, 1.82) is 0 Å². The number of rotatable bonds is 1. The van der Waals surface area contributed by atoms with Crippen LogP contribution in [0.15, 0.2) is 0 Å². The Hall–Kier alpha value is 0.480. The zero-order valence-electron chi connectivity index (χ0n) is 6.94. The lowest BCUT2D eigenvalue weighted by molar-refractivity contribution is 0.293. The normalized spacial score (nSPS) is 34.8. The van der Waals surface area contributed by atoms with Gasteiger partial charge in [-0.3, -0.25) is 0 Å². The summed E-state index contributed by atoms with van der Waals surface area (Å²) in [4.78, 5) is 0.807. The fourth-order valence-electron chi connectivity index (χ4n) is 1.87. The van der Waals surface area contributed by atoms with Crippen LogP contribution in [0.4, 0.5) is 0 Å². The predicted molar refractivity (Wildman–Crippen MR) is 49.5 cm³/mol. The van der Waals surface area contributed by atoms with E-state index in [0.717, 1.165) is 16.7 Å². The Morgan fingerprint density at radius 2 is 1.80 bits per heavy atom. The molecule has 0 amide bonds. The summed E-state index contributed by atoms with van der Waals surface area (Å²) in [6.45, 7) is 4.68. The quantitative estimate of drug-likeness (QED) is 0.574. The third kappa shape index (κ3) is 1.98. The predicted octanol–water partition coefficient (Wildman–Crippen LogP) is 3.60. The van der Waals surface area contributed by atoms with Crippen LogP contribution < -0.4 is 0 Å². The van der Waals surface area contributed by atoms with Gasteiger partial charge in [-0.2, -0.15) is 0 Å². The van der Waals surface area contributed by atoms with E-state index >= 15 is 0 Å². The first-order valence-electron chi connectivity index (χ1n) is 4.36. The zero-order chi connectivity index (χ0) is 7.56. The molecular weight excluding hydrogens is 188 g/mol. The summed E-state index contributed by atoms with van der Waals surface area (Å²) < 4.78 is 0. The summed E-state index contributed by atoms with van der Waals surface area (Å²) in [5, 5.41) is 0. The minimum absolute atomic E-state index is 0.807. The lowest BCUT2D eigenvalue weighted by Gasteiger charge is -2.30. The third-order valence-corrected chi connectivity index (χ3v) is 3.73. The fourth-order valence-corrected chi connectivity index (χ4v) is 3.06. The molecule has 0 aromatic carbocycles. The molecule has 60 valence electrons. The molecule has 0 N–H and O–H groups in total. The summed E-state index contributed by atoms with van der Waals surface area (Å²) in [7, 11) is 0. The summed E-state index contributed by atoms with van der Waals surface area (Å²) >= 11 is 3.76. The van der Waals surface area contributed by atoms with Gasteiger partial charge in [-0.05, 0) is 24.7 Å². The zero-order valence-corrected chi connectivity index (χ0v) is 8.52. The van der Waals surface area contributed by atoms with Crippen molar-refractivity contribution in [2.24, 2.45) is 11.8 Å². The molecule has 1 heteroatoms. The first kappa shape index (κ1) is 8.58. The van der Waals surface area contributed by atoms with Gasteiger partial charge in [0.1, 0.15) is 0 Å². The molecule has 0 spiro atoms. The molecule has 2 unspecified atom stereocenters. The van der Waals surface area contributed by atoms with Gasteiger partial charge in [-0.1, -0.05) is 42.6 Å². The molecular formula is C9H17Br. The molecule has 1 aliphatic rings. The lowest BCUT2D eigenvalue weighted by Crippen LogP contribution is -2.23. The molecule has 0 radical (unpaired) electrons. The molecule has 0 heterocycles. The van der Waals surface area contributed by atoms with Gasteiger partial charge < -0.3 is 0 Å². The maximum Gasteiger partial charge on any atom is 0.0176 e. The molecule has 0 aliphatic heterocycles. The van der Waals surface area contributed by atoms with Crippen LogP contribution in [0.2, 0.25) is 0 Å². The van der Waals surface area contributed by atoms with Crippen molar-refractivity contribution in [3.63, 3.8) is 0 Å². The van der Waals surface area contributed by atoms with Gasteiger partial charge in [0.15, 0.2) is 0 Å². The van der Waals surface area contributed by atoms with Crippen LogP contribution in [-0.4, -0.2) is 4.83 Å². The Morgan fingerprint density at radius 3 is 2.20 bits per heavy atom. The Balaban J connectivity index is 2.40. The minimum atomic E-state index is 0.807. The van der Waals surface area contributed by atoms with Gasteiger partial charge in [-0.25, -0.2) is 0 Å². The van der Waals surface area contributed by atoms with E-state index in [1.54, 1.807) is 0 Å². The van der Waals surface area contributed by atoms with Crippen molar-refractivity contribution in [3.8, 4) is 0 Å². The number of hydrogen-bond donors (Lipinski definition) is 0. The van der Waals surface area contributed by atoms with E-state index in [4.69, 9.17) is 0 Å². The van der Waals surface area contributed by atoms with Crippen molar-refractivity contribution in [2.45, 2.75) is 44.4 Å². The standard InChI is InChI=1S/C9H17Br/c1-7(2)8-5-3-4-6-9(8)10/h7-9H,3-6H2,1-2H3. The average molecular weight is 205 g/mol. The highest BCUT2D eigenvalue weighted by Gasteiger charge is 2.24. The average Bonchev–Trinajstić information content (AvgIpc) is 1.88. The van der Waals surface area contributed by atoms with Crippen LogP contribution >= 0.6 is 15.9 Å². The van der Waals surface area contributed by atoms with E-state index in [-0.39, 0.29) is 0 Å². The maximum absolute atomic E-state index is 3.76. The number of hydrogen-bond acceptors (Lipinski definition) is 0. The molecule has 0 aromatic rings. The van der Waals surface area contributed by atoms with Gasteiger partial charge in [0.2, 0.25) is 0 Å². The van der Waals surface area contributed by atoms with E-state index in [2.05, 4.69) is 29.8 Å². The Morgan fingerprint density at radius 1 is 1.20 bits per heavy atom. The molecule has 0 nitrogen and oxygen atoms in total. The highest BCUT2D eigenvalue weighted by atomic mass is 79.9.